The van der Waals surface area contributed by atoms with Crippen LogP contribution in [0.5, 0.6) is 0 Å². The van der Waals surface area contributed by atoms with Crippen LogP contribution in [0.2, 0.25) is 0 Å². The maximum atomic E-state index is 6.22. The Morgan fingerprint density at radius 1 is 0.978 bits per heavy atom. The number of rotatable bonds is 5. The summed E-state index contributed by atoms with van der Waals surface area (Å²) in [5.41, 5.74) is 14.9. The summed E-state index contributed by atoms with van der Waals surface area (Å²) in [6.45, 7) is 1.65. The Balaban J connectivity index is 1.04. The Kier molecular flexibility index (Phi) is 6.62. The lowest BCUT2D eigenvalue weighted by Gasteiger charge is -2.36. The van der Waals surface area contributed by atoms with E-state index in [1.165, 1.54) is 27.8 Å². The number of nitrogens with one attached hydrogen (secondary N) is 2. The largest absolute Gasteiger partial charge is 0.463 e. The summed E-state index contributed by atoms with van der Waals surface area (Å²) < 4.78 is 11.9. The molecule has 0 radical (unpaired) electrons. The van der Waals surface area contributed by atoms with Gasteiger partial charge in [-0.25, -0.2) is 29.9 Å². The number of aliphatic imine (C=N–C) groups is 2. The minimum absolute atomic E-state index is 0.133. The summed E-state index contributed by atoms with van der Waals surface area (Å²) >= 11 is 0. The molecular formula is C34H35N9O2. The standard InChI is InChI=1S/C34H35N9O2/c1-36-30-29(16-39-20-41-30)21-5-6-26-23(9-21)11-34(18-44-31(35)42-34)12-24(26)15-40-32-43-33(17-45-32)8-7-28-22(10-33)3-2-4-27(28)25-13-37-19-38-14-25/h2-6,9,13-14,16,19-20,24H,7-8,10-12,15,17-18H2,1H3,(H2,35,42)(H,40,43)(H,36,39,41). The van der Waals surface area contributed by atoms with Gasteiger partial charge in [0.15, 0.2) is 0 Å². The molecule has 1 fully saturated rings. The molecule has 11 nitrogen and oxygen atoms in total. The summed E-state index contributed by atoms with van der Waals surface area (Å²) in [6.07, 6.45) is 13.1. The molecule has 8 rings (SSSR count). The number of aromatic nitrogens is 4. The van der Waals surface area contributed by atoms with Crippen molar-refractivity contribution in [3.05, 3.63) is 89.9 Å². The van der Waals surface area contributed by atoms with Gasteiger partial charge < -0.3 is 25.8 Å². The van der Waals surface area contributed by atoms with Gasteiger partial charge in [-0.1, -0.05) is 36.4 Å². The van der Waals surface area contributed by atoms with Crippen molar-refractivity contribution in [1.82, 2.24) is 25.3 Å². The van der Waals surface area contributed by atoms with Crippen LogP contribution < -0.4 is 16.4 Å². The smallest absolute Gasteiger partial charge is 0.285 e. The molecule has 3 atom stereocenters. The van der Waals surface area contributed by atoms with Crippen molar-refractivity contribution in [3.8, 4) is 22.3 Å². The lowest BCUT2D eigenvalue weighted by atomic mass is 9.72. The Morgan fingerprint density at radius 2 is 1.87 bits per heavy atom. The van der Waals surface area contributed by atoms with Crippen LogP contribution in [0.25, 0.3) is 22.3 Å². The highest BCUT2D eigenvalue weighted by molar-refractivity contribution is 5.78. The lowest BCUT2D eigenvalue weighted by molar-refractivity contribution is 0.223. The first-order valence-corrected chi connectivity index (χ1v) is 15.4. The van der Waals surface area contributed by atoms with Gasteiger partial charge in [0.1, 0.15) is 37.2 Å². The van der Waals surface area contributed by atoms with Gasteiger partial charge in [-0.3, -0.25) is 0 Å². The second kappa shape index (κ2) is 10.8. The predicted molar refractivity (Wildman–Crippen MR) is 172 cm³/mol. The Labute approximate surface area is 261 Å². The third kappa shape index (κ3) is 5.01. The van der Waals surface area contributed by atoms with Gasteiger partial charge in [0.25, 0.3) is 12.0 Å². The van der Waals surface area contributed by atoms with Gasteiger partial charge in [-0.15, -0.1) is 0 Å². The summed E-state index contributed by atoms with van der Waals surface area (Å²) in [6, 6.07) is 14.0. The van der Waals surface area contributed by atoms with Gasteiger partial charge in [0.2, 0.25) is 0 Å². The number of ether oxygens (including phenoxy) is 2. The van der Waals surface area contributed by atoms with Crippen LogP contribution in [-0.2, 0) is 28.7 Å². The van der Waals surface area contributed by atoms with Crippen molar-refractivity contribution in [2.24, 2.45) is 15.7 Å². The maximum Gasteiger partial charge on any atom is 0.285 e. The molecular weight excluding hydrogens is 566 g/mol. The Bertz CT molecular complexity index is 1830. The van der Waals surface area contributed by atoms with Gasteiger partial charge >= 0.3 is 0 Å². The first-order chi connectivity index (χ1) is 22.0. The average molecular weight is 602 g/mol. The fraction of sp³-hybridized carbons (Fsp3) is 0.353. The molecule has 0 amide bonds. The molecule has 4 aromatic rings. The van der Waals surface area contributed by atoms with Crippen LogP contribution in [0.15, 0.2) is 77.6 Å². The monoisotopic (exact) mass is 601 g/mol. The molecule has 4 heterocycles. The van der Waals surface area contributed by atoms with Crippen LogP contribution in [0.3, 0.4) is 0 Å². The van der Waals surface area contributed by atoms with Gasteiger partial charge in [-0.2, -0.15) is 0 Å². The van der Waals surface area contributed by atoms with Crippen LogP contribution in [0, 0.1) is 0 Å². The zero-order valence-electron chi connectivity index (χ0n) is 25.2. The van der Waals surface area contributed by atoms with E-state index in [0.29, 0.717) is 25.8 Å². The first kappa shape index (κ1) is 27.5. The van der Waals surface area contributed by atoms with Gasteiger partial charge in [0, 0.05) is 49.1 Å². The van der Waals surface area contributed by atoms with Gasteiger partial charge in [0.05, 0.1) is 12.1 Å². The van der Waals surface area contributed by atoms with Gasteiger partial charge in [-0.05, 0) is 59.1 Å². The topological polar surface area (TPSA) is 145 Å². The molecule has 1 saturated heterocycles. The van der Waals surface area contributed by atoms with Crippen molar-refractivity contribution in [2.45, 2.75) is 49.1 Å². The highest BCUT2D eigenvalue weighted by Crippen LogP contribution is 2.43. The van der Waals surface area contributed by atoms with E-state index in [9.17, 15) is 0 Å². The van der Waals surface area contributed by atoms with Crippen LogP contribution in [0.4, 0.5) is 5.82 Å². The molecule has 0 saturated carbocycles. The van der Waals surface area contributed by atoms with E-state index in [-0.39, 0.29) is 17.5 Å². The van der Waals surface area contributed by atoms with Crippen LogP contribution >= 0.6 is 0 Å². The van der Waals surface area contributed by atoms with Crippen molar-refractivity contribution >= 4 is 17.9 Å². The van der Waals surface area contributed by atoms with Crippen molar-refractivity contribution in [2.75, 3.05) is 32.1 Å². The number of hydrogen-bond donors (Lipinski definition) is 3. The quantitative estimate of drug-likeness (QED) is 0.312. The fourth-order valence-electron chi connectivity index (χ4n) is 7.56. The first-order valence-electron chi connectivity index (χ1n) is 15.4. The van der Waals surface area contributed by atoms with E-state index >= 15 is 0 Å². The maximum absolute atomic E-state index is 6.22. The number of nitrogens with two attached hydrogens (primary N) is 1. The number of benzene rings is 2. The molecule has 45 heavy (non-hydrogen) atoms. The fourth-order valence-corrected chi connectivity index (χ4v) is 7.56. The Morgan fingerprint density at radius 3 is 2.71 bits per heavy atom. The Hall–Kier alpha value is -5.06. The van der Waals surface area contributed by atoms with E-state index in [1.807, 2.05) is 25.6 Å². The summed E-state index contributed by atoms with van der Waals surface area (Å²) in [5.74, 6) is 0.924. The van der Waals surface area contributed by atoms with Crippen LogP contribution in [-0.4, -0.2) is 69.9 Å². The summed E-state index contributed by atoms with van der Waals surface area (Å²) in [4.78, 5) is 26.9. The number of amidine groups is 2. The highest BCUT2D eigenvalue weighted by Gasteiger charge is 2.44. The second-order valence-corrected chi connectivity index (χ2v) is 12.6. The molecule has 3 unspecified atom stereocenters. The molecule has 11 heteroatoms. The van der Waals surface area contributed by atoms with E-state index < -0.39 is 5.54 Å². The molecule has 2 aliphatic heterocycles. The molecule has 2 aliphatic carbocycles. The predicted octanol–water partition coefficient (Wildman–Crippen LogP) is 3.66. The third-order valence-corrected chi connectivity index (χ3v) is 9.66. The van der Waals surface area contributed by atoms with E-state index in [2.05, 4.69) is 67.0 Å². The van der Waals surface area contributed by atoms with Crippen molar-refractivity contribution in [3.63, 3.8) is 0 Å². The van der Waals surface area contributed by atoms with E-state index in [4.69, 9.17) is 25.2 Å². The molecule has 0 bridgehead atoms. The van der Waals surface area contributed by atoms with E-state index in [1.54, 1.807) is 12.7 Å². The molecule has 4 N–H and O–H groups in total. The number of fused-ring (bicyclic) bond motifs is 2. The second-order valence-electron chi connectivity index (χ2n) is 12.6. The van der Waals surface area contributed by atoms with E-state index in [0.717, 1.165) is 54.6 Å². The highest BCUT2D eigenvalue weighted by atomic mass is 16.5. The summed E-state index contributed by atoms with van der Waals surface area (Å²) in [5, 5.41) is 6.87. The molecule has 2 aromatic heterocycles. The summed E-state index contributed by atoms with van der Waals surface area (Å²) in [7, 11) is 1.87. The molecule has 228 valence electrons. The lowest BCUT2D eigenvalue weighted by Crippen LogP contribution is -2.48. The van der Waals surface area contributed by atoms with Crippen molar-refractivity contribution < 1.29 is 9.47 Å². The normalized spacial score (nSPS) is 25.7. The number of hydrogen-bond acceptors (Lipinski definition) is 10. The number of anilines is 1. The zero-order valence-corrected chi connectivity index (χ0v) is 25.2. The van der Waals surface area contributed by atoms with Crippen LogP contribution in [0.1, 0.15) is 41.0 Å². The number of nitrogens with zero attached hydrogens (tertiary/aromatic N) is 6. The SMILES string of the molecule is CNc1ncncc1-c1ccc2c(c1)CC1(COC(N)=N1)CC2CN=C1NC2(CCc3c(cccc3-c3cncnc3)C2)CO1. The van der Waals surface area contributed by atoms with Crippen molar-refractivity contribution in [1.29, 1.82) is 0 Å². The minimum atomic E-state index is -0.403. The average Bonchev–Trinajstić information content (AvgIpc) is 3.64. The molecule has 2 aromatic carbocycles. The molecule has 2 spiro atoms. The zero-order chi connectivity index (χ0) is 30.4. The third-order valence-electron chi connectivity index (χ3n) is 9.66. The minimum Gasteiger partial charge on any atom is -0.463 e. The molecule has 4 aliphatic rings.